The molecule has 20 heavy (non-hydrogen) atoms. The summed E-state index contributed by atoms with van der Waals surface area (Å²) in [5.41, 5.74) is 5.50. The van der Waals surface area contributed by atoms with Gasteiger partial charge in [0.15, 0.2) is 0 Å². The highest BCUT2D eigenvalue weighted by Crippen LogP contribution is 2.28. The smallest absolute Gasteiger partial charge is 0.224 e. The molecule has 0 aliphatic heterocycles. The van der Waals surface area contributed by atoms with Gasteiger partial charge in [-0.3, -0.25) is 10.2 Å². The minimum Gasteiger partial charge on any atom is -0.326 e. The van der Waals surface area contributed by atoms with Crippen molar-refractivity contribution in [2.45, 2.75) is 33.6 Å². The number of carbonyl (C=O) groups is 1. The molecule has 0 saturated carbocycles. The molecule has 0 bridgehead atoms. The number of rotatable bonds is 5. The zero-order valence-electron chi connectivity index (χ0n) is 11.9. The number of thiazole rings is 1. The van der Waals surface area contributed by atoms with Crippen molar-refractivity contribution in [2.75, 3.05) is 10.7 Å². The Morgan fingerprint density at radius 1 is 1.40 bits per heavy atom. The number of anilines is 2. The fourth-order valence-corrected chi connectivity index (χ4v) is 2.45. The van der Waals surface area contributed by atoms with E-state index in [1.807, 2.05) is 39.0 Å². The molecule has 0 aliphatic rings. The average molecular weight is 290 g/mol. The Morgan fingerprint density at radius 3 is 2.90 bits per heavy atom. The average Bonchev–Trinajstić information content (AvgIpc) is 2.78. The summed E-state index contributed by atoms with van der Waals surface area (Å²) in [6.45, 7) is 5.82. The maximum absolute atomic E-state index is 11.6. The van der Waals surface area contributed by atoms with Crippen molar-refractivity contribution >= 4 is 44.0 Å². The number of hydrogen-bond acceptors (Lipinski definition) is 5. The second-order valence-electron chi connectivity index (χ2n) is 4.67. The molecule has 0 fully saturated rings. The lowest BCUT2D eigenvalue weighted by molar-refractivity contribution is -0.116. The Bertz CT molecular complexity index is 644. The Labute approximate surface area is 122 Å². The normalized spacial score (nSPS) is 10.3. The van der Waals surface area contributed by atoms with E-state index in [0.717, 1.165) is 33.2 Å². The summed E-state index contributed by atoms with van der Waals surface area (Å²) in [7, 11) is 0. The zero-order chi connectivity index (χ0) is 14.5. The molecule has 2 N–H and O–H groups in total. The van der Waals surface area contributed by atoms with Crippen LogP contribution < -0.4 is 10.7 Å². The fraction of sp³-hybridized carbons (Fsp3) is 0.357. The number of nitrogens with zero attached hydrogens (tertiary/aromatic N) is 2. The topological polar surface area (TPSA) is 66.4 Å². The first-order valence-corrected chi connectivity index (χ1v) is 7.37. The standard InChI is InChI=1S/C14H18N4OS/c1-4-5-13(19)15-10-6-7-12-11(8-10)16-14(20-12)18-17-9(2)3/h6-8H,4-5H2,1-3H3,(H,15,19)(H,16,18). The molecule has 0 radical (unpaired) electrons. The van der Waals surface area contributed by atoms with Crippen LogP contribution >= 0.6 is 11.3 Å². The van der Waals surface area contributed by atoms with Crippen molar-refractivity contribution in [3.8, 4) is 0 Å². The molecule has 1 heterocycles. The van der Waals surface area contributed by atoms with Gasteiger partial charge in [-0.15, -0.1) is 0 Å². The summed E-state index contributed by atoms with van der Waals surface area (Å²) < 4.78 is 1.06. The maximum Gasteiger partial charge on any atom is 0.224 e. The first-order valence-electron chi connectivity index (χ1n) is 6.56. The van der Waals surface area contributed by atoms with Crippen LogP contribution in [0, 0.1) is 0 Å². The van der Waals surface area contributed by atoms with E-state index in [-0.39, 0.29) is 5.91 Å². The Hall–Kier alpha value is -1.95. The largest absolute Gasteiger partial charge is 0.326 e. The fourth-order valence-electron chi connectivity index (χ4n) is 1.66. The van der Waals surface area contributed by atoms with Gasteiger partial charge in [0.25, 0.3) is 0 Å². The summed E-state index contributed by atoms with van der Waals surface area (Å²) in [4.78, 5) is 16.0. The Balaban J connectivity index is 2.17. The third kappa shape index (κ3) is 3.77. The lowest BCUT2D eigenvalue weighted by Gasteiger charge is -2.03. The van der Waals surface area contributed by atoms with Crippen molar-refractivity contribution in [1.29, 1.82) is 0 Å². The van der Waals surface area contributed by atoms with Gasteiger partial charge in [0.1, 0.15) is 0 Å². The number of fused-ring (bicyclic) bond motifs is 1. The second-order valence-corrected chi connectivity index (χ2v) is 5.70. The van der Waals surface area contributed by atoms with Crippen molar-refractivity contribution < 1.29 is 4.79 Å². The molecule has 0 aliphatic carbocycles. The predicted octanol–water partition coefficient (Wildman–Crippen LogP) is 3.84. The molecule has 0 spiro atoms. The van der Waals surface area contributed by atoms with Gasteiger partial charge in [0.2, 0.25) is 11.0 Å². The van der Waals surface area contributed by atoms with Crippen LogP contribution in [-0.4, -0.2) is 16.6 Å². The van der Waals surface area contributed by atoms with Crippen LogP contribution in [0.4, 0.5) is 10.8 Å². The van der Waals surface area contributed by atoms with E-state index in [1.165, 1.54) is 11.3 Å². The van der Waals surface area contributed by atoms with Gasteiger partial charge >= 0.3 is 0 Å². The van der Waals surface area contributed by atoms with E-state index < -0.39 is 0 Å². The van der Waals surface area contributed by atoms with Crippen LogP contribution in [0.5, 0.6) is 0 Å². The van der Waals surface area contributed by atoms with E-state index in [2.05, 4.69) is 20.8 Å². The molecule has 1 aromatic heterocycles. The van der Waals surface area contributed by atoms with Crippen LogP contribution in [-0.2, 0) is 4.79 Å². The van der Waals surface area contributed by atoms with Gasteiger partial charge in [0, 0.05) is 17.8 Å². The molecule has 2 aromatic rings. The molecule has 0 atom stereocenters. The van der Waals surface area contributed by atoms with Crippen molar-refractivity contribution in [2.24, 2.45) is 5.10 Å². The molecule has 0 unspecified atom stereocenters. The molecule has 1 aromatic carbocycles. The summed E-state index contributed by atoms with van der Waals surface area (Å²) in [6.07, 6.45) is 1.37. The quantitative estimate of drug-likeness (QED) is 0.649. The summed E-state index contributed by atoms with van der Waals surface area (Å²) in [5.74, 6) is 0.0339. The minimum absolute atomic E-state index is 0.0339. The summed E-state index contributed by atoms with van der Waals surface area (Å²) in [5, 5.41) is 7.75. The van der Waals surface area contributed by atoms with Gasteiger partial charge in [-0.25, -0.2) is 4.98 Å². The highest BCUT2D eigenvalue weighted by molar-refractivity contribution is 7.22. The van der Waals surface area contributed by atoms with E-state index in [1.54, 1.807) is 0 Å². The van der Waals surface area contributed by atoms with Gasteiger partial charge in [-0.05, 0) is 38.5 Å². The lowest BCUT2D eigenvalue weighted by Crippen LogP contribution is -2.10. The SMILES string of the molecule is CCCC(=O)Nc1ccc2sc(NN=C(C)C)nc2c1. The maximum atomic E-state index is 11.6. The minimum atomic E-state index is 0.0339. The molecule has 6 heteroatoms. The molecule has 0 saturated heterocycles. The monoisotopic (exact) mass is 290 g/mol. The number of hydrogen-bond donors (Lipinski definition) is 2. The molecular formula is C14H18N4OS. The number of amides is 1. The second kappa shape index (κ2) is 6.47. The number of hydrazone groups is 1. The number of carbonyl (C=O) groups excluding carboxylic acids is 1. The van der Waals surface area contributed by atoms with Crippen molar-refractivity contribution in [3.05, 3.63) is 18.2 Å². The van der Waals surface area contributed by atoms with E-state index in [0.29, 0.717) is 6.42 Å². The van der Waals surface area contributed by atoms with E-state index >= 15 is 0 Å². The Morgan fingerprint density at radius 2 is 2.20 bits per heavy atom. The summed E-state index contributed by atoms with van der Waals surface area (Å²) in [6, 6.07) is 5.74. The third-order valence-electron chi connectivity index (χ3n) is 2.52. The highest BCUT2D eigenvalue weighted by atomic mass is 32.1. The Kier molecular flexibility index (Phi) is 4.68. The zero-order valence-corrected chi connectivity index (χ0v) is 12.7. The van der Waals surface area contributed by atoms with Gasteiger partial charge in [-0.2, -0.15) is 5.10 Å². The van der Waals surface area contributed by atoms with Crippen LogP contribution in [0.3, 0.4) is 0 Å². The van der Waals surface area contributed by atoms with E-state index in [4.69, 9.17) is 0 Å². The first kappa shape index (κ1) is 14.5. The van der Waals surface area contributed by atoms with Crippen molar-refractivity contribution in [3.63, 3.8) is 0 Å². The molecule has 5 nitrogen and oxygen atoms in total. The third-order valence-corrected chi connectivity index (χ3v) is 3.46. The summed E-state index contributed by atoms with van der Waals surface area (Å²) >= 11 is 1.54. The van der Waals surface area contributed by atoms with Gasteiger partial charge in [-0.1, -0.05) is 18.3 Å². The predicted molar refractivity (Wildman–Crippen MR) is 85.6 cm³/mol. The lowest BCUT2D eigenvalue weighted by atomic mass is 10.2. The molecule has 1 amide bonds. The van der Waals surface area contributed by atoms with Gasteiger partial charge in [0.05, 0.1) is 10.2 Å². The highest BCUT2D eigenvalue weighted by Gasteiger charge is 2.06. The van der Waals surface area contributed by atoms with Crippen LogP contribution in [0.25, 0.3) is 10.2 Å². The number of benzene rings is 1. The van der Waals surface area contributed by atoms with Gasteiger partial charge < -0.3 is 5.32 Å². The van der Waals surface area contributed by atoms with Crippen LogP contribution in [0.2, 0.25) is 0 Å². The van der Waals surface area contributed by atoms with Crippen molar-refractivity contribution in [1.82, 2.24) is 4.98 Å². The number of nitrogens with one attached hydrogen (secondary N) is 2. The van der Waals surface area contributed by atoms with Crippen LogP contribution in [0.1, 0.15) is 33.6 Å². The van der Waals surface area contributed by atoms with Crippen LogP contribution in [0.15, 0.2) is 23.3 Å². The number of aromatic nitrogens is 1. The molecule has 106 valence electrons. The first-order chi connectivity index (χ1) is 9.58. The molecular weight excluding hydrogens is 272 g/mol. The molecule has 2 rings (SSSR count). The van der Waals surface area contributed by atoms with E-state index in [9.17, 15) is 4.79 Å².